The molecule has 0 N–H and O–H groups in total. The number of carbonyl (C=O) groups is 1. The first-order valence-corrected chi connectivity index (χ1v) is 8.22. The smallest absolute Gasteiger partial charge is 0.227 e. The van der Waals surface area contributed by atoms with Gasteiger partial charge in [0.1, 0.15) is 17.3 Å². The zero-order chi connectivity index (χ0) is 17.6. The number of nitrogens with zero attached hydrogens (tertiary/aromatic N) is 1. The maximum Gasteiger partial charge on any atom is 0.227 e. The fraction of sp³-hybridized carbons (Fsp3) is 0.190. The fourth-order valence-corrected chi connectivity index (χ4v) is 2.62. The van der Waals surface area contributed by atoms with E-state index in [1.54, 1.807) is 19.1 Å². The van der Waals surface area contributed by atoms with Gasteiger partial charge < -0.3 is 14.1 Å². The minimum Gasteiger partial charge on any atom is -0.497 e. The lowest BCUT2D eigenvalue weighted by Gasteiger charge is -2.16. The second-order valence-electron chi connectivity index (χ2n) is 5.78. The molecule has 1 aromatic heterocycles. The lowest BCUT2D eigenvalue weighted by molar-refractivity contribution is -0.118. The second kappa shape index (κ2) is 7.71. The van der Waals surface area contributed by atoms with E-state index in [4.69, 9.17) is 9.15 Å². The molecule has 0 saturated heterocycles. The van der Waals surface area contributed by atoms with Crippen LogP contribution in [0.5, 0.6) is 5.75 Å². The number of benzene rings is 2. The molecule has 0 spiro atoms. The zero-order valence-corrected chi connectivity index (χ0v) is 14.4. The summed E-state index contributed by atoms with van der Waals surface area (Å²) < 4.78 is 11.0. The Labute approximate surface area is 147 Å². The first-order chi connectivity index (χ1) is 12.2. The van der Waals surface area contributed by atoms with E-state index in [-0.39, 0.29) is 5.91 Å². The summed E-state index contributed by atoms with van der Waals surface area (Å²) in [4.78, 5) is 14.0. The Morgan fingerprint density at radius 3 is 2.40 bits per heavy atom. The van der Waals surface area contributed by atoms with Crippen LogP contribution in [0.15, 0.2) is 71.1 Å². The Kier molecular flexibility index (Phi) is 5.19. The molecule has 25 heavy (non-hydrogen) atoms. The summed E-state index contributed by atoms with van der Waals surface area (Å²) in [7, 11) is 3.44. The number of hydrogen-bond acceptors (Lipinski definition) is 3. The summed E-state index contributed by atoms with van der Waals surface area (Å²) in [5.41, 5.74) is 1.88. The van der Waals surface area contributed by atoms with Gasteiger partial charge in [0.2, 0.25) is 5.91 Å². The Morgan fingerprint density at radius 1 is 1.00 bits per heavy atom. The van der Waals surface area contributed by atoms with Crippen molar-refractivity contribution in [3.8, 4) is 17.1 Å². The second-order valence-corrected chi connectivity index (χ2v) is 5.78. The van der Waals surface area contributed by atoms with Crippen LogP contribution in [0.2, 0.25) is 0 Å². The average Bonchev–Trinajstić information content (AvgIpc) is 3.15. The Balaban J connectivity index is 1.60. The zero-order valence-electron chi connectivity index (χ0n) is 14.4. The molecule has 3 aromatic rings. The van der Waals surface area contributed by atoms with Crippen LogP contribution in [0.25, 0.3) is 11.3 Å². The molecule has 128 valence electrons. The molecule has 4 heteroatoms. The van der Waals surface area contributed by atoms with Crippen molar-refractivity contribution in [1.82, 2.24) is 0 Å². The van der Waals surface area contributed by atoms with E-state index < -0.39 is 0 Å². The first kappa shape index (κ1) is 16.8. The molecule has 2 aromatic carbocycles. The van der Waals surface area contributed by atoms with Crippen LogP contribution < -0.4 is 9.64 Å². The van der Waals surface area contributed by atoms with Crippen LogP contribution in [0.4, 0.5) is 5.69 Å². The van der Waals surface area contributed by atoms with Crippen LogP contribution in [-0.4, -0.2) is 20.1 Å². The maximum absolute atomic E-state index is 12.3. The van der Waals surface area contributed by atoms with Crippen LogP contribution in [0, 0.1) is 0 Å². The van der Waals surface area contributed by atoms with Crippen LogP contribution >= 0.6 is 0 Å². The van der Waals surface area contributed by atoms with E-state index in [0.717, 1.165) is 28.5 Å². The molecule has 4 nitrogen and oxygen atoms in total. The number of aryl methyl sites for hydroxylation is 1. The third-order valence-electron chi connectivity index (χ3n) is 4.14. The largest absolute Gasteiger partial charge is 0.497 e. The van der Waals surface area contributed by atoms with Gasteiger partial charge in [-0.25, -0.2) is 0 Å². The highest BCUT2D eigenvalue weighted by molar-refractivity contribution is 5.92. The van der Waals surface area contributed by atoms with Gasteiger partial charge in [0, 0.05) is 31.1 Å². The predicted molar refractivity (Wildman–Crippen MR) is 98.9 cm³/mol. The number of rotatable bonds is 6. The van der Waals surface area contributed by atoms with Crippen molar-refractivity contribution < 1.29 is 13.9 Å². The molecule has 0 unspecified atom stereocenters. The Hall–Kier alpha value is -3.01. The lowest BCUT2D eigenvalue weighted by Crippen LogP contribution is -2.26. The van der Waals surface area contributed by atoms with Gasteiger partial charge in [0.25, 0.3) is 0 Å². The highest BCUT2D eigenvalue weighted by Crippen LogP contribution is 2.25. The molecule has 0 aliphatic carbocycles. The summed E-state index contributed by atoms with van der Waals surface area (Å²) in [6.07, 6.45) is 0.979. The quantitative estimate of drug-likeness (QED) is 0.663. The summed E-state index contributed by atoms with van der Waals surface area (Å²) >= 11 is 0. The van der Waals surface area contributed by atoms with Crippen molar-refractivity contribution in [3.63, 3.8) is 0 Å². The summed E-state index contributed by atoms with van der Waals surface area (Å²) in [6, 6.07) is 21.2. The Morgan fingerprint density at radius 2 is 1.72 bits per heavy atom. The minimum absolute atomic E-state index is 0.0635. The van der Waals surface area contributed by atoms with E-state index in [0.29, 0.717) is 12.8 Å². The molecule has 0 aliphatic heterocycles. The molecule has 0 saturated carbocycles. The van der Waals surface area contributed by atoms with Crippen LogP contribution in [0.3, 0.4) is 0 Å². The van der Waals surface area contributed by atoms with Gasteiger partial charge in [-0.2, -0.15) is 0 Å². The van der Waals surface area contributed by atoms with Crippen molar-refractivity contribution in [2.45, 2.75) is 12.8 Å². The van der Waals surface area contributed by atoms with Gasteiger partial charge in [-0.3, -0.25) is 4.79 Å². The van der Waals surface area contributed by atoms with E-state index in [2.05, 4.69) is 0 Å². The average molecular weight is 335 g/mol. The van der Waals surface area contributed by atoms with Gasteiger partial charge in [-0.1, -0.05) is 18.2 Å². The molecular formula is C21H21NO3. The van der Waals surface area contributed by atoms with E-state index in [1.807, 2.05) is 66.7 Å². The number of ether oxygens (including phenoxy) is 1. The number of anilines is 1. The molecule has 0 bridgehead atoms. The highest BCUT2D eigenvalue weighted by Gasteiger charge is 2.12. The van der Waals surface area contributed by atoms with Gasteiger partial charge in [0.05, 0.1) is 7.11 Å². The minimum atomic E-state index is 0.0635. The fourth-order valence-electron chi connectivity index (χ4n) is 2.62. The topological polar surface area (TPSA) is 42.7 Å². The molecule has 0 atom stereocenters. The third kappa shape index (κ3) is 4.10. The van der Waals surface area contributed by atoms with Gasteiger partial charge in [0.15, 0.2) is 0 Å². The normalized spacial score (nSPS) is 10.5. The van der Waals surface area contributed by atoms with E-state index in [9.17, 15) is 4.79 Å². The monoisotopic (exact) mass is 335 g/mol. The molecule has 0 fully saturated rings. The van der Waals surface area contributed by atoms with Crippen LogP contribution in [0.1, 0.15) is 12.2 Å². The van der Waals surface area contributed by atoms with Gasteiger partial charge >= 0.3 is 0 Å². The van der Waals surface area contributed by atoms with E-state index >= 15 is 0 Å². The predicted octanol–water partition coefficient (Wildman–Crippen LogP) is 4.55. The number of furan rings is 1. The van der Waals surface area contributed by atoms with Crippen molar-refractivity contribution in [2.75, 3.05) is 19.1 Å². The molecule has 0 aliphatic rings. The van der Waals surface area contributed by atoms with Crippen LogP contribution in [-0.2, 0) is 11.2 Å². The number of para-hydroxylation sites is 1. The van der Waals surface area contributed by atoms with Crippen molar-refractivity contribution >= 4 is 11.6 Å². The van der Waals surface area contributed by atoms with Crippen molar-refractivity contribution in [2.24, 2.45) is 0 Å². The third-order valence-corrected chi connectivity index (χ3v) is 4.14. The summed E-state index contributed by atoms with van der Waals surface area (Å²) in [5.74, 6) is 2.47. The lowest BCUT2D eigenvalue weighted by atomic mass is 10.2. The standard InChI is InChI=1S/C21H21NO3/c1-22(17-6-4-3-5-7-17)21(23)15-13-19-12-14-20(25-19)16-8-10-18(24-2)11-9-16/h3-12,14H,13,15H2,1-2H3. The number of amides is 1. The van der Waals surface area contributed by atoms with Crippen molar-refractivity contribution in [1.29, 1.82) is 0 Å². The molecule has 0 radical (unpaired) electrons. The number of methoxy groups -OCH3 is 1. The van der Waals surface area contributed by atoms with Crippen molar-refractivity contribution in [3.05, 3.63) is 72.5 Å². The van der Waals surface area contributed by atoms with Gasteiger partial charge in [-0.05, 0) is 48.5 Å². The molecule has 3 rings (SSSR count). The van der Waals surface area contributed by atoms with E-state index in [1.165, 1.54) is 0 Å². The number of carbonyl (C=O) groups excluding carboxylic acids is 1. The highest BCUT2D eigenvalue weighted by atomic mass is 16.5. The van der Waals surface area contributed by atoms with Gasteiger partial charge in [-0.15, -0.1) is 0 Å². The summed E-state index contributed by atoms with van der Waals surface area (Å²) in [6.45, 7) is 0. The first-order valence-electron chi connectivity index (χ1n) is 8.22. The number of hydrogen-bond donors (Lipinski definition) is 0. The molecule has 1 heterocycles. The Bertz CT molecular complexity index is 822. The molecular weight excluding hydrogens is 314 g/mol. The summed E-state index contributed by atoms with van der Waals surface area (Å²) in [5, 5.41) is 0. The molecule has 1 amide bonds. The maximum atomic E-state index is 12.3. The SMILES string of the molecule is COc1ccc(-c2ccc(CCC(=O)N(C)c3ccccc3)o2)cc1.